The van der Waals surface area contributed by atoms with E-state index >= 15 is 0 Å². The number of carbonyl (C=O) groups excluding carboxylic acids is 1. The van der Waals surface area contributed by atoms with Gasteiger partial charge in [0.1, 0.15) is 5.82 Å². The van der Waals surface area contributed by atoms with Gasteiger partial charge in [0, 0.05) is 58.1 Å². The van der Waals surface area contributed by atoms with Gasteiger partial charge in [-0.2, -0.15) is 0 Å². The number of ether oxygens (including phenoxy) is 1. The zero-order chi connectivity index (χ0) is 18.4. The molecule has 1 aromatic heterocycles. The van der Waals surface area contributed by atoms with Gasteiger partial charge in [0.25, 0.3) is 0 Å². The van der Waals surface area contributed by atoms with E-state index in [4.69, 9.17) is 4.74 Å². The van der Waals surface area contributed by atoms with Crippen LogP contribution < -0.4 is 15.5 Å². The van der Waals surface area contributed by atoms with Crippen molar-refractivity contribution >= 4 is 11.8 Å². The normalized spacial score (nSPS) is 22.3. The van der Waals surface area contributed by atoms with Gasteiger partial charge in [-0.05, 0) is 26.8 Å². The van der Waals surface area contributed by atoms with Gasteiger partial charge in [-0.15, -0.1) is 0 Å². The molecule has 2 rings (SSSR count). The standard InChI is InChI=1S/C18H31N5O2/c1-13(23-11-14(2)25-15(3)12-23)9-20-18(24)21-10-16-7-6-8-19-17(16)22(4)5/h6-8,13-15H,9-12H2,1-5H3,(H2,20,21,24). The summed E-state index contributed by atoms with van der Waals surface area (Å²) in [6.07, 6.45) is 2.22. The Balaban J connectivity index is 1.77. The number of hydrogen-bond acceptors (Lipinski definition) is 5. The maximum atomic E-state index is 12.1. The summed E-state index contributed by atoms with van der Waals surface area (Å²) in [5.74, 6) is 0.868. The van der Waals surface area contributed by atoms with Crippen molar-refractivity contribution < 1.29 is 9.53 Å². The first-order valence-corrected chi connectivity index (χ1v) is 8.89. The number of amides is 2. The molecule has 1 aromatic rings. The number of rotatable bonds is 6. The Hall–Kier alpha value is -1.86. The van der Waals surface area contributed by atoms with Crippen molar-refractivity contribution in [3.63, 3.8) is 0 Å². The third-order valence-electron chi connectivity index (χ3n) is 4.36. The lowest BCUT2D eigenvalue weighted by Gasteiger charge is -2.38. The highest BCUT2D eigenvalue weighted by Gasteiger charge is 2.25. The Morgan fingerprint density at radius 2 is 2.04 bits per heavy atom. The number of urea groups is 1. The second-order valence-electron chi connectivity index (χ2n) is 7.00. The fraction of sp³-hybridized carbons (Fsp3) is 0.667. The van der Waals surface area contributed by atoms with E-state index in [-0.39, 0.29) is 24.3 Å². The Labute approximate surface area is 150 Å². The van der Waals surface area contributed by atoms with E-state index in [2.05, 4.69) is 41.3 Å². The largest absolute Gasteiger partial charge is 0.373 e. The molecule has 0 bridgehead atoms. The first-order chi connectivity index (χ1) is 11.9. The molecule has 140 valence electrons. The van der Waals surface area contributed by atoms with Crippen LogP contribution in [-0.2, 0) is 11.3 Å². The minimum atomic E-state index is -0.158. The Bertz CT molecular complexity index is 556. The van der Waals surface area contributed by atoms with E-state index < -0.39 is 0 Å². The number of anilines is 1. The van der Waals surface area contributed by atoms with E-state index in [1.54, 1.807) is 6.20 Å². The monoisotopic (exact) mass is 349 g/mol. The molecule has 25 heavy (non-hydrogen) atoms. The third-order valence-corrected chi connectivity index (χ3v) is 4.36. The Morgan fingerprint density at radius 1 is 1.36 bits per heavy atom. The van der Waals surface area contributed by atoms with Crippen LogP contribution in [0.3, 0.4) is 0 Å². The van der Waals surface area contributed by atoms with Gasteiger partial charge in [-0.3, -0.25) is 4.90 Å². The number of aromatic nitrogens is 1. The van der Waals surface area contributed by atoms with Crippen molar-refractivity contribution in [1.82, 2.24) is 20.5 Å². The summed E-state index contributed by atoms with van der Waals surface area (Å²) in [5.41, 5.74) is 0.992. The van der Waals surface area contributed by atoms with E-state index in [9.17, 15) is 4.79 Å². The average molecular weight is 349 g/mol. The van der Waals surface area contributed by atoms with Crippen LogP contribution in [0.25, 0.3) is 0 Å². The highest BCUT2D eigenvalue weighted by Crippen LogP contribution is 2.14. The predicted molar refractivity (Wildman–Crippen MR) is 99.8 cm³/mol. The molecule has 0 radical (unpaired) electrons. The second kappa shape index (κ2) is 9.01. The van der Waals surface area contributed by atoms with E-state index in [0.29, 0.717) is 13.1 Å². The fourth-order valence-corrected chi connectivity index (χ4v) is 3.16. The Morgan fingerprint density at radius 3 is 2.68 bits per heavy atom. The summed E-state index contributed by atoms with van der Waals surface area (Å²) in [4.78, 5) is 20.8. The van der Waals surface area contributed by atoms with Crippen molar-refractivity contribution in [2.24, 2.45) is 0 Å². The van der Waals surface area contributed by atoms with Crippen LogP contribution in [0, 0.1) is 0 Å². The maximum Gasteiger partial charge on any atom is 0.315 e. The molecular formula is C18H31N5O2. The topological polar surface area (TPSA) is 69.7 Å². The van der Waals surface area contributed by atoms with Gasteiger partial charge in [0.15, 0.2) is 0 Å². The number of nitrogens with zero attached hydrogens (tertiary/aromatic N) is 3. The molecule has 0 spiro atoms. The van der Waals surface area contributed by atoms with E-state index in [0.717, 1.165) is 24.5 Å². The highest BCUT2D eigenvalue weighted by atomic mass is 16.5. The summed E-state index contributed by atoms with van der Waals surface area (Å²) >= 11 is 0. The molecule has 2 heterocycles. The number of morpholine rings is 1. The van der Waals surface area contributed by atoms with Crippen molar-refractivity contribution in [2.75, 3.05) is 38.6 Å². The SMILES string of the molecule is CC1CN(C(C)CNC(=O)NCc2cccnc2N(C)C)CC(C)O1. The van der Waals surface area contributed by atoms with Crippen molar-refractivity contribution in [3.8, 4) is 0 Å². The summed E-state index contributed by atoms with van der Waals surface area (Å²) in [6, 6.07) is 3.97. The van der Waals surface area contributed by atoms with E-state index in [1.807, 2.05) is 31.1 Å². The quantitative estimate of drug-likeness (QED) is 0.813. The molecule has 1 fully saturated rings. The molecule has 2 N–H and O–H groups in total. The molecule has 0 aliphatic carbocycles. The van der Waals surface area contributed by atoms with Crippen molar-refractivity contribution in [3.05, 3.63) is 23.9 Å². The molecule has 7 heteroatoms. The predicted octanol–water partition coefficient (Wildman–Crippen LogP) is 1.44. The number of pyridine rings is 1. The molecule has 2 amide bonds. The van der Waals surface area contributed by atoms with Gasteiger partial charge >= 0.3 is 6.03 Å². The van der Waals surface area contributed by atoms with Crippen LogP contribution in [0.15, 0.2) is 18.3 Å². The number of hydrogen-bond donors (Lipinski definition) is 2. The average Bonchev–Trinajstić information content (AvgIpc) is 2.57. The van der Waals surface area contributed by atoms with Crippen LogP contribution in [0.4, 0.5) is 10.6 Å². The molecular weight excluding hydrogens is 318 g/mol. The molecule has 0 saturated carbocycles. The van der Waals surface area contributed by atoms with Crippen LogP contribution in [0.5, 0.6) is 0 Å². The van der Waals surface area contributed by atoms with Gasteiger partial charge in [0.2, 0.25) is 0 Å². The molecule has 0 aromatic carbocycles. The summed E-state index contributed by atoms with van der Waals surface area (Å²) in [5, 5.41) is 5.87. The van der Waals surface area contributed by atoms with Gasteiger partial charge in [-0.1, -0.05) is 6.07 Å². The summed E-state index contributed by atoms with van der Waals surface area (Å²) < 4.78 is 5.76. The van der Waals surface area contributed by atoms with Gasteiger partial charge in [-0.25, -0.2) is 9.78 Å². The summed E-state index contributed by atoms with van der Waals surface area (Å²) in [6.45, 7) is 9.17. The van der Waals surface area contributed by atoms with Crippen molar-refractivity contribution in [1.29, 1.82) is 0 Å². The van der Waals surface area contributed by atoms with Crippen LogP contribution >= 0.6 is 0 Å². The first kappa shape index (κ1) is 19.5. The zero-order valence-corrected chi connectivity index (χ0v) is 16.0. The molecule has 3 unspecified atom stereocenters. The number of carbonyl (C=O) groups is 1. The summed E-state index contributed by atoms with van der Waals surface area (Å²) in [7, 11) is 3.88. The van der Waals surface area contributed by atoms with Crippen LogP contribution in [-0.4, -0.2) is 67.9 Å². The van der Waals surface area contributed by atoms with Gasteiger partial charge in [0.05, 0.1) is 12.2 Å². The smallest absolute Gasteiger partial charge is 0.315 e. The molecule has 1 aliphatic rings. The molecule has 1 saturated heterocycles. The lowest BCUT2D eigenvalue weighted by Crippen LogP contribution is -2.52. The minimum Gasteiger partial charge on any atom is -0.373 e. The van der Waals surface area contributed by atoms with Crippen LogP contribution in [0.1, 0.15) is 26.3 Å². The number of nitrogens with one attached hydrogen (secondary N) is 2. The minimum absolute atomic E-state index is 0.158. The zero-order valence-electron chi connectivity index (χ0n) is 16.0. The van der Waals surface area contributed by atoms with Crippen molar-refractivity contribution in [2.45, 2.75) is 45.6 Å². The fourth-order valence-electron chi connectivity index (χ4n) is 3.16. The second-order valence-corrected chi connectivity index (χ2v) is 7.00. The Kier molecular flexibility index (Phi) is 7.01. The van der Waals surface area contributed by atoms with Crippen LogP contribution in [0.2, 0.25) is 0 Å². The molecule has 3 atom stereocenters. The third kappa shape index (κ3) is 5.86. The molecule has 7 nitrogen and oxygen atoms in total. The maximum absolute atomic E-state index is 12.1. The lowest BCUT2D eigenvalue weighted by atomic mass is 10.2. The van der Waals surface area contributed by atoms with Gasteiger partial charge < -0.3 is 20.3 Å². The molecule has 1 aliphatic heterocycles. The first-order valence-electron chi connectivity index (χ1n) is 8.89. The highest BCUT2D eigenvalue weighted by molar-refractivity contribution is 5.74. The lowest BCUT2D eigenvalue weighted by molar-refractivity contribution is -0.0778. The van der Waals surface area contributed by atoms with E-state index in [1.165, 1.54) is 0 Å².